The van der Waals surface area contributed by atoms with Crippen molar-refractivity contribution in [2.75, 3.05) is 13.1 Å². The summed E-state index contributed by atoms with van der Waals surface area (Å²) in [6.07, 6.45) is -1.05. The normalized spacial score (nSPS) is 15.5. The van der Waals surface area contributed by atoms with Gasteiger partial charge in [0.1, 0.15) is 12.2 Å². The fourth-order valence-corrected chi connectivity index (χ4v) is 3.35. The van der Waals surface area contributed by atoms with Crippen molar-refractivity contribution in [2.24, 2.45) is 0 Å². The van der Waals surface area contributed by atoms with Crippen LogP contribution in [-0.4, -0.2) is 40.7 Å². The number of hydrogen-bond donors (Lipinski definition) is 0. The molecule has 1 saturated heterocycles. The SMILES string of the molecule is Cc1ccc(C(F)(F)CN2C(=O)CC(=O)N(CC(F)(F)c3cc(F)cc(Cl)c3)C2=O)cc1. The molecule has 2 aromatic rings. The zero-order valence-corrected chi connectivity index (χ0v) is 17.3. The summed E-state index contributed by atoms with van der Waals surface area (Å²) in [4.78, 5) is 36.9. The Morgan fingerprint density at radius 1 is 0.844 bits per heavy atom. The van der Waals surface area contributed by atoms with E-state index < -0.39 is 66.1 Å². The Kier molecular flexibility index (Phi) is 6.28. The third kappa shape index (κ3) is 4.90. The molecular weight excluding hydrogens is 459 g/mol. The lowest BCUT2D eigenvalue weighted by Gasteiger charge is -2.36. The Morgan fingerprint density at radius 2 is 1.34 bits per heavy atom. The number of carbonyl (C=O) groups excluding carboxylic acids is 3. The zero-order valence-electron chi connectivity index (χ0n) is 16.5. The van der Waals surface area contributed by atoms with Gasteiger partial charge in [-0.05, 0) is 25.1 Å². The minimum atomic E-state index is -3.96. The van der Waals surface area contributed by atoms with Gasteiger partial charge >= 0.3 is 6.03 Å². The molecule has 11 heteroatoms. The van der Waals surface area contributed by atoms with Crippen LogP contribution < -0.4 is 0 Å². The number of hydrogen-bond acceptors (Lipinski definition) is 3. The molecule has 0 bridgehead atoms. The third-order valence-corrected chi connectivity index (χ3v) is 5.06. The molecule has 0 atom stereocenters. The number of amides is 4. The van der Waals surface area contributed by atoms with Crippen LogP contribution in [0.2, 0.25) is 5.02 Å². The fourth-order valence-electron chi connectivity index (χ4n) is 3.13. The summed E-state index contributed by atoms with van der Waals surface area (Å²) in [7, 11) is 0. The summed E-state index contributed by atoms with van der Waals surface area (Å²) >= 11 is 5.58. The van der Waals surface area contributed by atoms with Gasteiger partial charge in [-0.3, -0.25) is 19.4 Å². The molecule has 0 aromatic heterocycles. The number of halogens is 6. The van der Waals surface area contributed by atoms with Gasteiger partial charge < -0.3 is 0 Å². The second kappa shape index (κ2) is 8.50. The summed E-state index contributed by atoms with van der Waals surface area (Å²) < 4.78 is 72.2. The van der Waals surface area contributed by atoms with Gasteiger partial charge in [0.15, 0.2) is 0 Å². The molecule has 0 saturated carbocycles. The van der Waals surface area contributed by atoms with Crippen molar-refractivity contribution < 1.29 is 36.3 Å². The number of benzene rings is 2. The molecule has 170 valence electrons. The minimum absolute atomic E-state index is 0.00539. The summed E-state index contributed by atoms with van der Waals surface area (Å²) in [6.45, 7) is -1.34. The fraction of sp³-hybridized carbons (Fsp3) is 0.286. The standard InChI is InChI=1S/C21H16ClF5N2O3/c1-12-2-4-13(5-3-12)20(24,25)10-28-17(30)9-18(31)29(19(28)32)11-21(26,27)14-6-15(22)8-16(23)7-14/h2-8H,9-11H2,1H3. The van der Waals surface area contributed by atoms with Gasteiger partial charge in [-0.15, -0.1) is 0 Å². The molecule has 0 N–H and O–H groups in total. The van der Waals surface area contributed by atoms with Crippen LogP contribution in [0.25, 0.3) is 0 Å². The van der Waals surface area contributed by atoms with E-state index >= 15 is 0 Å². The number of urea groups is 1. The van der Waals surface area contributed by atoms with E-state index in [9.17, 15) is 36.3 Å². The first kappa shape index (κ1) is 23.6. The molecule has 3 rings (SSSR count). The van der Waals surface area contributed by atoms with Gasteiger partial charge in [0.05, 0.1) is 13.1 Å². The highest BCUT2D eigenvalue weighted by atomic mass is 35.5. The van der Waals surface area contributed by atoms with E-state index in [0.717, 1.165) is 24.3 Å². The van der Waals surface area contributed by atoms with Crippen LogP contribution in [0, 0.1) is 12.7 Å². The molecule has 0 unspecified atom stereocenters. The molecule has 1 aliphatic rings. The topological polar surface area (TPSA) is 57.7 Å². The van der Waals surface area contributed by atoms with Gasteiger partial charge in [-0.25, -0.2) is 9.18 Å². The van der Waals surface area contributed by atoms with Crippen molar-refractivity contribution in [1.29, 1.82) is 0 Å². The first-order valence-electron chi connectivity index (χ1n) is 9.24. The number of barbiturate groups is 1. The Hall–Kier alpha value is -3.01. The maximum Gasteiger partial charge on any atom is 0.333 e. The molecule has 1 heterocycles. The Balaban J connectivity index is 1.85. The lowest BCUT2D eigenvalue weighted by atomic mass is 10.0. The molecular formula is C21H16ClF5N2O3. The van der Waals surface area contributed by atoms with Crippen LogP contribution >= 0.6 is 11.6 Å². The maximum atomic E-state index is 14.7. The second-order valence-electron chi connectivity index (χ2n) is 7.35. The van der Waals surface area contributed by atoms with Crippen LogP contribution in [0.15, 0.2) is 42.5 Å². The number of carbonyl (C=O) groups is 3. The molecule has 0 aliphatic carbocycles. The maximum absolute atomic E-state index is 14.7. The molecule has 1 fully saturated rings. The van der Waals surface area contributed by atoms with Gasteiger partial charge in [0.25, 0.3) is 11.8 Å². The minimum Gasteiger partial charge on any atom is -0.274 e. The largest absolute Gasteiger partial charge is 0.333 e. The Bertz CT molecular complexity index is 1060. The van der Waals surface area contributed by atoms with Gasteiger partial charge in [0.2, 0.25) is 11.8 Å². The molecule has 5 nitrogen and oxygen atoms in total. The van der Waals surface area contributed by atoms with Crippen LogP contribution in [0.5, 0.6) is 0 Å². The van der Waals surface area contributed by atoms with Crippen LogP contribution in [-0.2, 0) is 21.4 Å². The molecule has 1 aliphatic heterocycles. The van der Waals surface area contributed by atoms with Crippen LogP contribution in [0.3, 0.4) is 0 Å². The lowest BCUT2D eigenvalue weighted by Crippen LogP contribution is -2.59. The van der Waals surface area contributed by atoms with Crippen LogP contribution in [0.1, 0.15) is 23.1 Å². The zero-order chi connectivity index (χ0) is 23.8. The van der Waals surface area contributed by atoms with E-state index in [1.54, 1.807) is 6.92 Å². The molecule has 4 amide bonds. The summed E-state index contributed by atoms with van der Waals surface area (Å²) in [5.41, 5.74) is -0.713. The number of aryl methyl sites for hydroxylation is 1. The Morgan fingerprint density at radius 3 is 1.84 bits per heavy atom. The van der Waals surface area contributed by atoms with Crippen molar-refractivity contribution in [3.05, 3.63) is 70.0 Å². The number of nitrogens with zero attached hydrogens (tertiary/aromatic N) is 2. The Labute approximate surface area is 184 Å². The van der Waals surface area contributed by atoms with Crippen LogP contribution in [0.4, 0.5) is 26.7 Å². The van der Waals surface area contributed by atoms with E-state index in [-0.39, 0.29) is 14.8 Å². The van der Waals surface area contributed by atoms with Crippen molar-refractivity contribution in [2.45, 2.75) is 25.2 Å². The molecule has 32 heavy (non-hydrogen) atoms. The van der Waals surface area contributed by atoms with Gasteiger partial charge in [-0.1, -0.05) is 41.4 Å². The summed E-state index contributed by atoms with van der Waals surface area (Å²) in [5, 5.41) is -0.342. The molecule has 0 spiro atoms. The highest BCUT2D eigenvalue weighted by molar-refractivity contribution is 6.30. The van der Waals surface area contributed by atoms with Crippen molar-refractivity contribution in [3.63, 3.8) is 0 Å². The van der Waals surface area contributed by atoms with Crippen molar-refractivity contribution >= 4 is 29.4 Å². The smallest absolute Gasteiger partial charge is 0.274 e. The first-order valence-corrected chi connectivity index (χ1v) is 9.62. The monoisotopic (exact) mass is 474 g/mol. The van der Waals surface area contributed by atoms with Gasteiger partial charge in [-0.2, -0.15) is 17.6 Å². The van der Waals surface area contributed by atoms with Crippen molar-refractivity contribution in [3.8, 4) is 0 Å². The van der Waals surface area contributed by atoms with E-state index in [1.807, 2.05) is 0 Å². The van der Waals surface area contributed by atoms with E-state index in [4.69, 9.17) is 11.6 Å². The quantitative estimate of drug-likeness (QED) is 0.444. The predicted molar refractivity (Wildman–Crippen MR) is 104 cm³/mol. The first-order chi connectivity index (χ1) is 14.8. The molecule has 2 aromatic carbocycles. The number of rotatable bonds is 6. The third-order valence-electron chi connectivity index (χ3n) is 4.84. The average molecular weight is 475 g/mol. The highest BCUT2D eigenvalue weighted by Gasteiger charge is 2.47. The lowest BCUT2D eigenvalue weighted by molar-refractivity contribution is -0.149. The summed E-state index contributed by atoms with van der Waals surface area (Å²) in [5.74, 6) is -11.2. The second-order valence-corrected chi connectivity index (χ2v) is 7.79. The highest BCUT2D eigenvalue weighted by Crippen LogP contribution is 2.34. The number of imide groups is 2. The summed E-state index contributed by atoms with van der Waals surface area (Å²) in [6, 6.07) is 5.43. The van der Waals surface area contributed by atoms with Gasteiger partial charge in [0, 0.05) is 16.1 Å². The van der Waals surface area contributed by atoms with Crippen molar-refractivity contribution in [1.82, 2.24) is 9.80 Å². The number of alkyl halides is 4. The van der Waals surface area contributed by atoms with E-state index in [2.05, 4.69) is 0 Å². The molecule has 0 radical (unpaired) electrons. The predicted octanol–water partition coefficient (Wildman–Crippen LogP) is 4.85. The van der Waals surface area contributed by atoms with E-state index in [1.165, 1.54) is 12.1 Å². The average Bonchev–Trinajstić information content (AvgIpc) is 2.68. The van der Waals surface area contributed by atoms with E-state index in [0.29, 0.717) is 11.6 Å².